The van der Waals surface area contributed by atoms with Crippen molar-refractivity contribution in [1.29, 1.82) is 0 Å². The minimum absolute atomic E-state index is 0.0111. The predicted octanol–water partition coefficient (Wildman–Crippen LogP) is 5.08. The summed E-state index contributed by atoms with van der Waals surface area (Å²) < 4.78 is 10.7. The van der Waals surface area contributed by atoms with Gasteiger partial charge in [0, 0.05) is 63.5 Å². The third kappa shape index (κ3) is 6.45. The van der Waals surface area contributed by atoms with E-state index >= 15 is 0 Å². The lowest BCUT2D eigenvalue weighted by molar-refractivity contribution is -0.122. The second kappa shape index (κ2) is 13.2. The number of hydrogen-bond acceptors (Lipinski definition) is 6. The highest BCUT2D eigenvalue weighted by Gasteiger charge is 2.35. The van der Waals surface area contributed by atoms with Crippen molar-refractivity contribution in [1.82, 2.24) is 15.0 Å². The van der Waals surface area contributed by atoms with Crippen LogP contribution in [0.25, 0.3) is 0 Å². The summed E-state index contributed by atoms with van der Waals surface area (Å²) in [7, 11) is 1.55. The highest BCUT2D eigenvalue weighted by molar-refractivity contribution is 5.95. The van der Waals surface area contributed by atoms with Gasteiger partial charge in [-0.3, -0.25) is 14.5 Å². The van der Waals surface area contributed by atoms with Gasteiger partial charge in [0.05, 0.1) is 0 Å². The minimum atomic E-state index is -0.142. The van der Waals surface area contributed by atoms with Gasteiger partial charge in [-0.05, 0) is 42.9 Å². The number of hydrogen-bond donors (Lipinski definition) is 0. The number of piperidine rings is 1. The van der Waals surface area contributed by atoms with E-state index in [9.17, 15) is 9.59 Å². The maximum Gasteiger partial charge on any atom is 0.276 e. The van der Waals surface area contributed by atoms with Crippen LogP contribution in [0, 0.1) is 0 Å². The lowest BCUT2D eigenvalue weighted by Crippen LogP contribution is -2.52. The van der Waals surface area contributed by atoms with Crippen LogP contribution in [0.4, 0.5) is 5.69 Å². The first-order valence-electron chi connectivity index (χ1n) is 14.5. The number of nitrogens with zero attached hydrogens (tertiary/aromatic N) is 4. The molecule has 2 aliphatic rings. The third-order valence-corrected chi connectivity index (χ3v) is 8.11. The van der Waals surface area contributed by atoms with E-state index in [2.05, 4.69) is 41.2 Å². The summed E-state index contributed by atoms with van der Waals surface area (Å²) in [5.41, 5.74) is 3.36. The Hall–Kier alpha value is -3.49. The average molecular weight is 545 g/mol. The summed E-state index contributed by atoms with van der Waals surface area (Å²) in [6.07, 6.45) is 5.69. The van der Waals surface area contributed by atoms with E-state index < -0.39 is 0 Å². The van der Waals surface area contributed by atoms with Crippen LogP contribution in [0.5, 0.6) is 0 Å². The van der Waals surface area contributed by atoms with Gasteiger partial charge in [0.1, 0.15) is 12.4 Å². The molecule has 212 valence electrons. The Morgan fingerprint density at radius 3 is 2.60 bits per heavy atom. The Kier molecular flexibility index (Phi) is 9.29. The molecule has 0 aliphatic carbocycles. The average Bonchev–Trinajstić information content (AvgIpc) is 3.43. The molecule has 2 bridgehead atoms. The number of aromatic nitrogens is 1. The lowest BCUT2D eigenvalue weighted by Gasteiger charge is -2.44. The Labute approximate surface area is 236 Å². The molecule has 1 fully saturated rings. The molecule has 0 N–H and O–H groups in total. The monoisotopic (exact) mass is 544 g/mol. The number of amides is 2. The molecular formula is C32H40N4O4. The number of rotatable bonds is 7. The summed E-state index contributed by atoms with van der Waals surface area (Å²) in [5.74, 6) is 0.510. The van der Waals surface area contributed by atoms with Crippen LogP contribution in [0.1, 0.15) is 66.4 Å². The van der Waals surface area contributed by atoms with Gasteiger partial charge < -0.3 is 19.1 Å². The van der Waals surface area contributed by atoms with Crippen LogP contribution in [0.2, 0.25) is 0 Å². The second-order valence-electron chi connectivity index (χ2n) is 10.9. The molecular weight excluding hydrogens is 504 g/mol. The Bertz CT molecular complexity index is 1280. The van der Waals surface area contributed by atoms with Crippen LogP contribution < -0.4 is 4.90 Å². The molecule has 0 saturated carbocycles. The molecule has 0 radical (unpaired) electrons. The zero-order chi connectivity index (χ0) is 27.9. The fourth-order valence-electron chi connectivity index (χ4n) is 6.16. The van der Waals surface area contributed by atoms with Crippen LogP contribution in [-0.2, 0) is 29.0 Å². The topological polar surface area (TPSA) is 79.1 Å². The molecule has 3 aromatic rings. The van der Waals surface area contributed by atoms with E-state index in [1.807, 2.05) is 40.1 Å². The van der Waals surface area contributed by atoms with Gasteiger partial charge in [-0.15, -0.1) is 0 Å². The summed E-state index contributed by atoms with van der Waals surface area (Å²) in [5, 5.41) is 4.15. The predicted molar refractivity (Wildman–Crippen MR) is 154 cm³/mol. The van der Waals surface area contributed by atoms with Crippen molar-refractivity contribution in [2.45, 2.75) is 70.6 Å². The summed E-state index contributed by atoms with van der Waals surface area (Å²) in [6, 6.07) is 20.7. The summed E-state index contributed by atoms with van der Waals surface area (Å²) >= 11 is 0. The number of aryl methyl sites for hydroxylation is 1. The van der Waals surface area contributed by atoms with Gasteiger partial charge in [0.15, 0.2) is 5.69 Å². The number of carbonyl (C=O) groups excluding carboxylic acids is 2. The number of anilines is 1. The first-order valence-corrected chi connectivity index (χ1v) is 14.5. The van der Waals surface area contributed by atoms with Gasteiger partial charge in [-0.25, -0.2) is 0 Å². The third-order valence-electron chi connectivity index (χ3n) is 8.11. The largest absolute Gasteiger partial charge is 0.375 e. The highest BCUT2D eigenvalue weighted by atomic mass is 16.5. The number of fused-ring (bicyclic) bond motifs is 3. The van der Waals surface area contributed by atoms with Crippen molar-refractivity contribution in [2.24, 2.45) is 0 Å². The molecule has 1 saturated heterocycles. The van der Waals surface area contributed by atoms with Crippen molar-refractivity contribution < 1.29 is 18.8 Å². The zero-order valence-corrected chi connectivity index (χ0v) is 23.6. The molecule has 2 aromatic carbocycles. The summed E-state index contributed by atoms with van der Waals surface area (Å²) in [4.78, 5) is 33.7. The van der Waals surface area contributed by atoms with Crippen LogP contribution in [0.3, 0.4) is 0 Å². The molecule has 8 nitrogen and oxygen atoms in total. The normalized spacial score (nSPS) is 20.1. The molecule has 1 aromatic heterocycles. The molecule has 2 aliphatic heterocycles. The molecule has 2 atom stereocenters. The Balaban J connectivity index is 1.54. The van der Waals surface area contributed by atoms with E-state index in [4.69, 9.17) is 9.26 Å². The zero-order valence-electron chi connectivity index (χ0n) is 23.6. The number of para-hydroxylation sites is 1. The number of methoxy groups -OCH3 is 1. The van der Waals surface area contributed by atoms with E-state index in [1.54, 1.807) is 13.2 Å². The highest BCUT2D eigenvalue weighted by Crippen LogP contribution is 2.32. The molecule has 3 heterocycles. The molecule has 8 heteroatoms. The fraction of sp³-hybridized carbons (Fsp3) is 0.469. The van der Waals surface area contributed by atoms with Crippen molar-refractivity contribution in [3.63, 3.8) is 0 Å². The lowest BCUT2D eigenvalue weighted by atomic mass is 9.92. The van der Waals surface area contributed by atoms with Crippen LogP contribution in [0.15, 0.2) is 65.2 Å². The van der Waals surface area contributed by atoms with Crippen molar-refractivity contribution >= 4 is 17.5 Å². The van der Waals surface area contributed by atoms with E-state index in [-0.39, 0.29) is 24.5 Å². The maximum absolute atomic E-state index is 14.0. The molecule has 5 rings (SSSR count). The number of ether oxygens (including phenoxy) is 1. The molecule has 2 unspecified atom stereocenters. The molecule has 40 heavy (non-hydrogen) atoms. The van der Waals surface area contributed by atoms with Crippen molar-refractivity contribution in [2.75, 3.05) is 31.7 Å². The standard InChI is InChI=1S/C32H40N4O4/c1-3-10-28-19-29(33-40-28)32(38)34-21-25-13-7-8-16-30(25)35(31(37)23-39-2)18-17-26-14-9-15-27(22-34)36(26)20-24-11-5-4-6-12-24/h4-8,11-13,16,19,26-27H,3,9-10,14-15,17-18,20-23H2,1-2H3. The van der Waals surface area contributed by atoms with E-state index in [0.717, 1.165) is 62.1 Å². The van der Waals surface area contributed by atoms with Gasteiger partial charge in [-0.1, -0.05) is 67.0 Å². The maximum atomic E-state index is 14.0. The van der Waals surface area contributed by atoms with Crippen molar-refractivity contribution in [3.05, 3.63) is 83.2 Å². The van der Waals surface area contributed by atoms with Gasteiger partial charge >= 0.3 is 0 Å². The van der Waals surface area contributed by atoms with Crippen molar-refractivity contribution in [3.8, 4) is 0 Å². The number of carbonyl (C=O) groups is 2. The second-order valence-corrected chi connectivity index (χ2v) is 10.9. The van der Waals surface area contributed by atoms with Crippen LogP contribution in [-0.4, -0.2) is 65.7 Å². The molecule has 2 amide bonds. The SMILES string of the molecule is CCCc1cc(C(=O)N2Cc3ccccc3N(C(=O)COC)CCC3CCCC(C2)N3Cc2ccccc2)no1. The van der Waals surface area contributed by atoms with Gasteiger partial charge in [0.2, 0.25) is 0 Å². The van der Waals surface area contributed by atoms with E-state index in [1.165, 1.54) is 5.56 Å². The Morgan fingerprint density at radius 2 is 1.80 bits per heavy atom. The smallest absolute Gasteiger partial charge is 0.276 e. The van der Waals surface area contributed by atoms with Gasteiger partial charge in [0.25, 0.3) is 11.8 Å². The van der Waals surface area contributed by atoms with E-state index in [0.29, 0.717) is 31.4 Å². The van der Waals surface area contributed by atoms with Gasteiger partial charge in [-0.2, -0.15) is 0 Å². The first-order chi connectivity index (χ1) is 19.6. The molecule has 0 spiro atoms. The quantitative estimate of drug-likeness (QED) is 0.413. The van der Waals surface area contributed by atoms with Crippen LogP contribution >= 0.6 is 0 Å². The first kappa shape index (κ1) is 28.1. The fourth-order valence-corrected chi connectivity index (χ4v) is 6.16. The number of benzene rings is 2. The summed E-state index contributed by atoms with van der Waals surface area (Å²) in [6.45, 7) is 4.45. The Morgan fingerprint density at radius 1 is 1.02 bits per heavy atom. The minimum Gasteiger partial charge on any atom is -0.375 e.